The van der Waals surface area contributed by atoms with Crippen molar-refractivity contribution in [1.82, 2.24) is 4.90 Å². The highest BCUT2D eigenvalue weighted by molar-refractivity contribution is 5.70. The minimum atomic E-state index is -0.395. The maximum absolute atomic E-state index is 12.4. The molecule has 0 bridgehead atoms. The van der Waals surface area contributed by atoms with Crippen LogP contribution in [0.4, 0.5) is 0 Å². The lowest BCUT2D eigenvalue weighted by atomic mass is 9.99. The zero-order valence-electron chi connectivity index (χ0n) is 34.0. The topological polar surface area (TPSA) is 94.5 Å². The highest BCUT2D eigenvalue weighted by Gasteiger charge is 2.14. The SMILES string of the molecule is CCCCCCOC(CCC(=O)OCCOC(=O)CCN(CCCO)CCCCCCCC/C=C\CC(C)CCCCCC)OCCCCCC. The number of aliphatic hydroxyl groups excluding tert-OH is 1. The third-order valence-corrected chi connectivity index (χ3v) is 9.41. The molecule has 0 aromatic carbocycles. The van der Waals surface area contributed by atoms with Crippen LogP contribution in [0.5, 0.6) is 0 Å². The van der Waals surface area contributed by atoms with Gasteiger partial charge < -0.3 is 29.0 Å². The van der Waals surface area contributed by atoms with Gasteiger partial charge in [0.05, 0.1) is 12.8 Å². The minimum Gasteiger partial charge on any atom is -0.462 e. The Bertz CT molecular complexity index is 763. The quantitative estimate of drug-likeness (QED) is 0.0289. The van der Waals surface area contributed by atoms with E-state index in [2.05, 4.69) is 44.7 Å². The van der Waals surface area contributed by atoms with E-state index in [0.29, 0.717) is 32.6 Å². The molecule has 1 unspecified atom stereocenters. The molecule has 8 heteroatoms. The van der Waals surface area contributed by atoms with Crippen molar-refractivity contribution in [1.29, 1.82) is 0 Å². The van der Waals surface area contributed by atoms with Crippen molar-refractivity contribution in [2.24, 2.45) is 5.92 Å². The molecular weight excluding hydrogens is 642 g/mol. The van der Waals surface area contributed by atoms with Crippen molar-refractivity contribution >= 4 is 11.9 Å². The molecule has 0 rings (SSSR count). The lowest BCUT2D eigenvalue weighted by Gasteiger charge is -2.21. The van der Waals surface area contributed by atoms with E-state index in [0.717, 1.165) is 51.1 Å². The average Bonchev–Trinajstić information content (AvgIpc) is 3.13. The smallest absolute Gasteiger partial charge is 0.307 e. The lowest BCUT2D eigenvalue weighted by Crippen LogP contribution is -2.30. The highest BCUT2D eigenvalue weighted by atomic mass is 16.7. The number of carbonyl (C=O) groups is 2. The Kier molecular flexibility index (Phi) is 38.6. The molecule has 0 heterocycles. The van der Waals surface area contributed by atoms with Gasteiger partial charge >= 0.3 is 11.9 Å². The van der Waals surface area contributed by atoms with E-state index in [1.807, 2.05) is 0 Å². The molecule has 0 amide bonds. The van der Waals surface area contributed by atoms with Crippen molar-refractivity contribution in [3.8, 4) is 0 Å². The van der Waals surface area contributed by atoms with Crippen LogP contribution in [0.1, 0.15) is 188 Å². The molecule has 0 aliphatic heterocycles. The third-order valence-electron chi connectivity index (χ3n) is 9.41. The number of hydrogen-bond donors (Lipinski definition) is 1. The van der Waals surface area contributed by atoms with Crippen molar-refractivity contribution in [3.63, 3.8) is 0 Å². The Hall–Kier alpha value is -1.48. The first kappa shape index (κ1) is 49.5. The first-order valence-corrected chi connectivity index (χ1v) is 21.5. The fraction of sp³-hybridized carbons (Fsp3) is 0.907. The van der Waals surface area contributed by atoms with Crippen molar-refractivity contribution in [2.45, 2.75) is 195 Å². The van der Waals surface area contributed by atoms with Gasteiger partial charge in [0.25, 0.3) is 0 Å². The standard InChI is InChI=1S/C43H83NO7/c1-5-8-11-21-27-40(4)28-22-19-17-15-14-16-18-20-23-32-44(33-26-35-45)34-31-42(47)49-39-38-48-41(46)29-30-43(50-36-24-12-9-6-2)51-37-25-13-10-7-3/h19,22,40,43,45H,5-18,20-21,23-39H2,1-4H3/b22-19-. The summed E-state index contributed by atoms with van der Waals surface area (Å²) in [4.78, 5) is 27.0. The Labute approximate surface area is 315 Å². The van der Waals surface area contributed by atoms with Crippen LogP contribution in [0.15, 0.2) is 12.2 Å². The zero-order valence-corrected chi connectivity index (χ0v) is 34.0. The van der Waals surface area contributed by atoms with Crippen LogP contribution in [0.25, 0.3) is 0 Å². The molecule has 0 aliphatic carbocycles. The first-order valence-electron chi connectivity index (χ1n) is 21.5. The van der Waals surface area contributed by atoms with E-state index in [4.69, 9.17) is 18.9 Å². The van der Waals surface area contributed by atoms with Crippen LogP contribution in [-0.4, -0.2) is 80.9 Å². The number of allylic oxidation sites excluding steroid dienone is 2. The molecule has 0 saturated carbocycles. The van der Waals surface area contributed by atoms with E-state index in [1.54, 1.807) is 0 Å². The largest absolute Gasteiger partial charge is 0.462 e. The summed E-state index contributed by atoms with van der Waals surface area (Å²) in [5.74, 6) is 0.187. The molecule has 51 heavy (non-hydrogen) atoms. The second kappa shape index (κ2) is 39.7. The molecule has 8 nitrogen and oxygen atoms in total. The van der Waals surface area contributed by atoms with Gasteiger partial charge in [0.2, 0.25) is 0 Å². The Morgan fingerprint density at radius 3 is 1.71 bits per heavy atom. The first-order chi connectivity index (χ1) is 25.0. The number of carbonyl (C=O) groups excluding carboxylic acids is 2. The normalized spacial score (nSPS) is 12.4. The Morgan fingerprint density at radius 2 is 1.10 bits per heavy atom. The van der Waals surface area contributed by atoms with Crippen molar-refractivity contribution in [2.75, 3.05) is 52.7 Å². The van der Waals surface area contributed by atoms with Gasteiger partial charge in [0.15, 0.2) is 6.29 Å². The van der Waals surface area contributed by atoms with Gasteiger partial charge in [-0.2, -0.15) is 0 Å². The number of hydrogen-bond acceptors (Lipinski definition) is 8. The molecule has 1 atom stereocenters. The summed E-state index contributed by atoms with van der Waals surface area (Å²) in [7, 11) is 0. The summed E-state index contributed by atoms with van der Waals surface area (Å²) >= 11 is 0. The molecule has 0 aromatic heterocycles. The van der Waals surface area contributed by atoms with Gasteiger partial charge in [0.1, 0.15) is 13.2 Å². The molecule has 0 aromatic rings. The predicted molar refractivity (Wildman–Crippen MR) is 212 cm³/mol. The fourth-order valence-corrected chi connectivity index (χ4v) is 6.06. The van der Waals surface area contributed by atoms with E-state index in [-0.39, 0.29) is 44.6 Å². The summed E-state index contributed by atoms with van der Waals surface area (Å²) in [5, 5.41) is 9.33. The third kappa shape index (κ3) is 36.7. The number of rotatable bonds is 40. The predicted octanol–water partition coefficient (Wildman–Crippen LogP) is 10.7. The number of nitrogens with zero attached hydrogens (tertiary/aromatic N) is 1. The zero-order chi connectivity index (χ0) is 37.5. The van der Waals surface area contributed by atoms with E-state index < -0.39 is 6.29 Å². The minimum absolute atomic E-state index is 0.0495. The van der Waals surface area contributed by atoms with Crippen LogP contribution in [-0.2, 0) is 28.5 Å². The second-order valence-corrected chi connectivity index (χ2v) is 14.5. The molecule has 302 valence electrons. The molecule has 0 radical (unpaired) electrons. The van der Waals surface area contributed by atoms with Gasteiger partial charge in [-0.05, 0) is 57.4 Å². The molecule has 0 fully saturated rings. The summed E-state index contributed by atoms with van der Waals surface area (Å²) in [5.41, 5.74) is 0. The number of aliphatic hydroxyl groups is 1. The van der Waals surface area contributed by atoms with E-state index in [1.165, 1.54) is 103 Å². The van der Waals surface area contributed by atoms with Gasteiger partial charge in [0, 0.05) is 39.3 Å². The van der Waals surface area contributed by atoms with E-state index in [9.17, 15) is 14.7 Å². The summed E-state index contributed by atoms with van der Waals surface area (Å²) in [6.45, 7) is 12.9. The number of ether oxygens (including phenoxy) is 4. The molecular formula is C43H83NO7. The van der Waals surface area contributed by atoms with Crippen LogP contribution < -0.4 is 0 Å². The average molecular weight is 726 g/mol. The maximum Gasteiger partial charge on any atom is 0.307 e. The van der Waals surface area contributed by atoms with Gasteiger partial charge in [-0.3, -0.25) is 9.59 Å². The fourth-order valence-electron chi connectivity index (χ4n) is 6.06. The maximum atomic E-state index is 12.4. The Balaban J connectivity index is 4.08. The molecule has 0 aliphatic rings. The molecule has 0 spiro atoms. The summed E-state index contributed by atoms with van der Waals surface area (Å²) in [6.07, 6.45) is 31.6. The van der Waals surface area contributed by atoms with Crippen LogP contribution in [0.3, 0.4) is 0 Å². The van der Waals surface area contributed by atoms with Gasteiger partial charge in [-0.15, -0.1) is 0 Å². The van der Waals surface area contributed by atoms with Gasteiger partial charge in [-0.1, -0.05) is 136 Å². The lowest BCUT2D eigenvalue weighted by molar-refractivity contribution is -0.161. The van der Waals surface area contributed by atoms with Crippen LogP contribution in [0.2, 0.25) is 0 Å². The summed E-state index contributed by atoms with van der Waals surface area (Å²) < 4.78 is 22.5. The number of esters is 2. The monoisotopic (exact) mass is 726 g/mol. The van der Waals surface area contributed by atoms with E-state index >= 15 is 0 Å². The van der Waals surface area contributed by atoms with Crippen molar-refractivity contribution in [3.05, 3.63) is 12.2 Å². The summed E-state index contributed by atoms with van der Waals surface area (Å²) in [6, 6.07) is 0. The molecule has 1 N–H and O–H groups in total. The number of unbranched alkanes of at least 4 members (excludes halogenated alkanes) is 15. The second-order valence-electron chi connectivity index (χ2n) is 14.5. The van der Waals surface area contributed by atoms with Crippen molar-refractivity contribution < 1.29 is 33.6 Å². The molecule has 0 saturated heterocycles. The highest BCUT2D eigenvalue weighted by Crippen LogP contribution is 2.15. The van der Waals surface area contributed by atoms with Crippen LogP contribution in [0, 0.1) is 5.92 Å². The van der Waals surface area contributed by atoms with Crippen LogP contribution >= 0.6 is 0 Å². The van der Waals surface area contributed by atoms with Gasteiger partial charge in [-0.25, -0.2) is 0 Å². The Morgan fingerprint density at radius 1 is 0.569 bits per heavy atom.